The molecule has 5 heteroatoms. The normalized spacial score (nSPS) is 12.3. The summed E-state index contributed by atoms with van der Waals surface area (Å²) in [7, 11) is 0. The van der Waals surface area contributed by atoms with Gasteiger partial charge in [0.1, 0.15) is 5.76 Å². The van der Waals surface area contributed by atoms with Crippen LogP contribution in [0.15, 0.2) is 64.6 Å². The Morgan fingerprint density at radius 2 is 1.96 bits per heavy atom. The first-order valence-corrected chi connectivity index (χ1v) is 9.96. The number of thiazole rings is 1. The number of hydrogen-bond donors (Lipinski definition) is 1. The van der Waals surface area contributed by atoms with E-state index in [0.717, 1.165) is 23.1 Å². The van der Waals surface area contributed by atoms with Gasteiger partial charge in [0.25, 0.3) is 0 Å². The number of aromatic nitrogens is 2. The molecule has 0 fully saturated rings. The maximum atomic E-state index is 5.51. The van der Waals surface area contributed by atoms with Crippen molar-refractivity contribution in [2.24, 2.45) is 0 Å². The van der Waals surface area contributed by atoms with Crippen molar-refractivity contribution < 1.29 is 4.42 Å². The van der Waals surface area contributed by atoms with Crippen LogP contribution in [0.3, 0.4) is 0 Å². The third-order valence-corrected chi connectivity index (χ3v) is 5.66. The monoisotopic (exact) mass is 377 g/mol. The van der Waals surface area contributed by atoms with Gasteiger partial charge in [-0.05, 0) is 44.5 Å². The van der Waals surface area contributed by atoms with E-state index < -0.39 is 0 Å². The highest BCUT2D eigenvalue weighted by Crippen LogP contribution is 2.31. The fourth-order valence-electron chi connectivity index (χ4n) is 3.34. The van der Waals surface area contributed by atoms with Gasteiger partial charge < -0.3 is 14.3 Å². The molecule has 138 valence electrons. The highest BCUT2D eigenvalue weighted by molar-refractivity contribution is 7.14. The highest BCUT2D eigenvalue weighted by Gasteiger charge is 2.15. The molecular weight excluding hydrogens is 354 g/mol. The molecule has 4 aromatic rings. The maximum absolute atomic E-state index is 5.51. The van der Waals surface area contributed by atoms with Gasteiger partial charge in [-0.15, -0.1) is 11.3 Å². The Morgan fingerprint density at radius 1 is 1.15 bits per heavy atom. The van der Waals surface area contributed by atoms with E-state index in [1.165, 1.54) is 22.5 Å². The Hall–Kier alpha value is -2.79. The Labute approximate surface area is 163 Å². The molecule has 4 rings (SSSR count). The number of aryl methyl sites for hydroxylation is 1. The molecule has 0 amide bonds. The van der Waals surface area contributed by atoms with Crippen LogP contribution >= 0.6 is 11.3 Å². The van der Waals surface area contributed by atoms with E-state index in [1.807, 2.05) is 18.2 Å². The van der Waals surface area contributed by atoms with Crippen LogP contribution < -0.4 is 5.32 Å². The van der Waals surface area contributed by atoms with E-state index in [1.54, 1.807) is 17.6 Å². The van der Waals surface area contributed by atoms with E-state index >= 15 is 0 Å². The van der Waals surface area contributed by atoms with Crippen molar-refractivity contribution in [2.75, 3.05) is 5.32 Å². The zero-order valence-corrected chi connectivity index (χ0v) is 16.6. The standard InChI is InChI=1S/C22H23N3OS/c1-15-12-20(17(3)25(15)13-19-10-7-11-26-19)21-14-27-22(24-21)23-16(2)18-8-5-4-6-9-18/h4-12,14,16H,13H2,1-3H3,(H,23,24)/t16-/m1/s1. The third-order valence-electron chi connectivity index (χ3n) is 4.89. The molecule has 4 nitrogen and oxygen atoms in total. The number of nitrogens with zero attached hydrogens (tertiary/aromatic N) is 2. The van der Waals surface area contributed by atoms with Crippen LogP contribution in [0, 0.1) is 13.8 Å². The summed E-state index contributed by atoms with van der Waals surface area (Å²) in [6.45, 7) is 7.17. The second kappa shape index (κ2) is 7.45. The summed E-state index contributed by atoms with van der Waals surface area (Å²) in [5.74, 6) is 0.959. The van der Waals surface area contributed by atoms with E-state index in [4.69, 9.17) is 9.40 Å². The van der Waals surface area contributed by atoms with Crippen LogP contribution in [-0.4, -0.2) is 9.55 Å². The number of furan rings is 1. The lowest BCUT2D eigenvalue weighted by atomic mass is 10.1. The SMILES string of the molecule is Cc1cc(-c2csc(N[C@H](C)c3ccccc3)n2)c(C)n1Cc1ccco1. The number of hydrogen-bond acceptors (Lipinski definition) is 4. The first-order chi connectivity index (χ1) is 13.1. The van der Waals surface area contributed by atoms with Gasteiger partial charge in [-0.3, -0.25) is 0 Å². The van der Waals surface area contributed by atoms with Gasteiger partial charge in [0.15, 0.2) is 5.13 Å². The van der Waals surface area contributed by atoms with Gasteiger partial charge in [-0.2, -0.15) is 0 Å². The topological polar surface area (TPSA) is 43.0 Å². The minimum absolute atomic E-state index is 0.219. The molecule has 3 heterocycles. The molecule has 1 aromatic carbocycles. The van der Waals surface area contributed by atoms with Gasteiger partial charge in [0, 0.05) is 22.3 Å². The van der Waals surface area contributed by atoms with E-state index in [9.17, 15) is 0 Å². The van der Waals surface area contributed by atoms with Gasteiger partial charge in [0.05, 0.1) is 24.5 Å². The molecule has 0 radical (unpaired) electrons. The molecule has 1 atom stereocenters. The fourth-order valence-corrected chi connectivity index (χ4v) is 4.13. The van der Waals surface area contributed by atoms with E-state index in [-0.39, 0.29) is 6.04 Å². The summed E-state index contributed by atoms with van der Waals surface area (Å²) in [4.78, 5) is 4.83. The summed E-state index contributed by atoms with van der Waals surface area (Å²) in [5, 5.41) is 6.58. The molecule has 0 aliphatic rings. The van der Waals surface area contributed by atoms with Crippen molar-refractivity contribution in [2.45, 2.75) is 33.4 Å². The van der Waals surface area contributed by atoms with Crippen molar-refractivity contribution in [3.8, 4) is 11.3 Å². The summed E-state index contributed by atoms with van der Waals surface area (Å²) < 4.78 is 7.78. The molecular formula is C22H23N3OS. The molecule has 0 saturated carbocycles. The third kappa shape index (κ3) is 3.69. The van der Waals surface area contributed by atoms with Crippen LogP contribution in [0.1, 0.15) is 35.7 Å². The van der Waals surface area contributed by atoms with Crippen molar-refractivity contribution >= 4 is 16.5 Å². The zero-order chi connectivity index (χ0) is 18.8. The second-order valence-corrected chi connectivity index (χ2v) is 7.62. The van der Waals surface area contributed by atoms with Crippen LogP contribution in [0.2, 0.25) is 0 Å². The number of anilines is 1. The molecule has 0 spiro atoms. The van der Waals surface area contributed by atoms with Crippen LogP contribution in [0.4, 0.5) is 5.13 Å². The van der Waals surface area contributed by atoms with Gasteiger partial charge >= 0.3 is 0 Å². The molecule has 0 saturated heterocycles. The van der Waals surface area contributed by atoms with Crippen molar-refractivity contribution in [1.82, 2.24) is 9.55 Å². The first-order valence-electron chi connectivity index (χ1n) is 9.08. The van der Waals surface area contributed by atoms with E-state index in [2.05, 4.69) is 66.4 Å². The average Bonchev–Trinajstić information content (AvgIpc) is 3.41. The van der Waals surface area contributed by atoms with Crippen LogP contribution in [0.25, 0.3) is 11.3 Å². The molecule has 3 aromatic heterocycles. The Bertz CT molecular complexity index is 1020. The first kappa shape index (κ1) is 17.6. The molecule has 27 heavy (non-hydrogen) atoms. The number of rotatable bonds is 6. The Balaban J connectivity index is 1.55. The van der Waals surface area contributed by atoms with Crippen molar-refractivity contribution in [1.29, 1.82) is 0 Å². The largest absolute Gasteiger partial charge is 0.467 e. The summed E-state index contributed by atoms with van der Waals surface area (Å²) in [6.07, 6.45) is 1.72. The fraction of sp³-hybridized carbons (Fsp3) is 0.227. The Morgan fingerprint density at radius 3 is 2.70 bits per heavy atom. The lowest BCUT2D eigenvalue weighted by Crippen LogP contribution is -2.06. The van der Waals surface area contributed by atoms with Crippen LogP contribution in [0.5, 0.6) is 0 Å². The smallest absolute Gasteiger partial charge is 0.183 e. The van der Waals surface area contributed by atoms with Gasteiger partial charge in [-0.25, -0.2) is 4.98 Å². The van der Waals surface area contributed by atoms with Gasteiger partial charge in [0.2, 0.25) is 0 Å². The van der Waals surface area contributed by atoms with E-state index in [0.29, 0.717) is 0 Å². The predicted molar refractivity (Wildman–Crippen MR) is 111 cm³/mol. The maximum Gasteiger partial charge on any atom is 0.183 e. The zero-order valence-electron chi connectivity index (χ0n) is 15.8. The van der Waals surface area contributed by atoms with Gasteiger partial charge in [-0.1, -0.05) is 30.3 Å². The van der Waals surface area contributed by atoms with Crippen LogP contribution in [-0.2, 0) is 6.54 Å². The summed E-state index contributed by atoms with van der Waals surface area (Å²) >= 11 is 1.65. The molecule has 1 N–H and O–H groups in total. The predicted octanol–water partition coefficient (Wildman–Crippen LogP) is 6.04. The van der Waals surface area contributed by atoms with Crippen molar-refractivity contribution in [3.05, 3.63) is 82.9 Å². The number of nitrogens with one attached hydrogen (secondary N) is 1. The Kier molecular flexibility index (Phi) is 4.86. The molecule has 0 aliphatic carbocycles. The molecule has 0 bridgehead atoms. The lowest BCUT2D eigenvalue weighted by Gasteiger charge is -2.12. The quantitative estimate of drug-likeness (QED) is 0.445. The second-order valence-electron chi connectivity index (χ2n) is 6.76. The number of benzene rings is 1. The highest BCUT2D eigenvalue weighted by atomic mass is 32.1. The van der Waals surface area contributed by atoms with Crippen molar-refractivity contribution in [3.63, 3.8) is 0 Å². The summed E-state index contributed by atoms with van der Waals surface area (Å²) in [5.41, 5.74) is 5.86. The lowest BCUT2D eigenvalue weighted by molar-refractivity contribution is 0.489. The molecule has 0 unspecified atom stereocenters. The minimum atomic E-state index is 0.219. The minimum Gasteiger partial charge on any atom is -0.467 e. The summed E-state index contributed by atoms with van der Waals surface area (Å²) in [6, 6.07) is 16.8. The molecule has 0 aliphatic heterocycles. The average molecular weight is 378 g/mol.